The first-order chi connectivity index (χ1) is 6.59. The van der Waals surface area contributed by atoms with E-state index in [1.165, 1.54) is 0 Å². The van der Waals surface area contributed by atoms with Gasteiger partial charge in [0, 0.05) is 16.5 Å². The maximum atomic E-state index is 11.2. The van der Waals surface area contributed by atoms with Gasteiger partial charge in [0.15, 0.2) is 0 Å². The Kier molecular flexibility index (Phi) is 2.56. The second-order valence-electron chi connectivity index (χ2n) is 2.66. The molecule has 14 heavy (non-hydrogen) atoms. The van der Waals surface area contributed by atoms with Crippen LogP contribution in [0.3, 0.4) is 0 Å². The molecule has 72 valence electrons. The molecule has 0 radical (unpaired) electrons. The van der Waals surface area contributed by atoms with Crippen molar-refractivity contribution in [2.45, 2.75) is 0 Å². The molecule has 0 aliphatic carbocycles. The molecule has 2 aromatic rings. The Hall–Kier alpha value is -0.510. The highest BCUT2D eigenvalue weighted by atomic mass is 79.9. The van der Waals surface area contributed by atoms with E-state index in [4.69, 9.17) is 27.6 Å². The van der Waals surface area contributed by atoms with Gasteiger partial charge in [0.2, 0.25) is 0 Å². The molecule has 0 fully saturated rings. The Morgan fingerprint density at radius 1 is 1.29 bits per heavy atom. The summed E-state index contributed by atoms with van der Waals surface area (Å²) in [6, 6.07) is 4.94. The van der Waals surface area contributed by atoms with E-state index in [-0.39, 0.29) is 4.47 Å². The van der Waals surface area contributed by atoms with Gasteiger partial charge in [-0.1, -0.05) is 23.2 Å². The SMILES string of the molecule is O=c1oc2cc(Cl)ccc2c(Cl)c1Br. The number of hydrogen-bond acceptors (Lipinski definition) is 2. The average Bonchev–Trinajstić information content (AvgIpc) is 2.14. The summed E-state index contributed by atoms with van der Waals surface area (Å²) in [6.07, 6.45) is 0. The zero-order valence-electron chi connectivity index (χ0n) is 6.68. The first kappa shape index (κ1) is 10.0. The van der Waals surface area contributed by atoms with Crippen molar-refractivity contribution in [1.82, 2.24) is 0 Å². The lowest BCUT2D eigenvalue weighted by Gasteiger charge is -2.00. The normalized spacial score (nSPS) is 10.8. The van der Waals surface area contributed by atoms with Gasteiger partial charge >= 0.3 is 5.63 Å². The minimum Gasteiger partial charge on any atom is -0.422 e. The zero-order valence-corrected chi connectivity index (χ0v) is 9.78. The van der Waals surface area contributed by atoms with Crippen LogP contribution in [0.15, 0.2) is 31.9 Å². The van der Waals surface area contributed by atoms with Gasteiger partial charge in [0.25, 0.3) is 0 Å². The molecule has 0 atom stereocenters. The van der Waals surface area contributed by atoms with Crippen LogP contribution < -0.4 is 5.63 Å². The lowest BCUT2D eigenvalue weighted by atomic mass is 10.2. The number of hydrogen-bond donors (Lipinski definition) is 0. The van der Waals surface area contributed by atoms with Crippen molar-refractivity contribution in [3.8, 4) is 0 Å². The summed E-state index contributed by atoms with van der Waals surface area (Å²) in [5, 5.41) is 1.49. The van der Waals surface area contributed by atoms with Gasteiger partial charge in [-0.25, -0.2) is 4.79 Å². The highest BCUT2D eigenvalue weighted by Gasteiger charge is 2.10. The summed E-state index contributed by atoms with van der Waals surface area (Å²) in [5.74, 6) is 0. The average molecular weight is 294 g/mol. The summed E-state index contributed by atoms with van der Waals surface area (Å²) in [7, 11) is 0. The second-order valence-corrected chi connectivity index (χ2v) is 4.27. The zero-order chi connectivity index (χ0) is 10.3. The van der Waals surface area contributed by atoms with Gasteiger partial charge in [-0.3, -0.25) is 0 Å². The summed E-state index contributed by atoms with van der Waals surface area (Å²) in [4.78, 5) is 11.2. The van der Waals surface area contributed by atoms with Crippen LogP contribution in [0.4, 0.5) is 0 Å². The van der Waals surface area contributed by atoms with Crippen LogP contribution in [0, 0.1) is 0 Å². The number of rotatable bonds is 0. The van der Waals surface area contributed by atoms with Gasteiger partial charge < -0.3 is 4.42 Å². The molecular weight excluding hydrogens is 291 g/mol. The first-order valence-electron chi connectivity index (χ1n) is 3.67. The van der Waals surface area contributed by atoms with Crippen molar-refractivity contribution in [3.05, 3.63) is 43.1 Å². The van der Waals surface area contributed by atoms with Crippen LogP contribution in [0.1, 0.15) is 0 Å². The van der Waals surface area contributed by atoms with Crippen molar-refractivity contribution in [2.24, 2.45) is 0 Å². The van der Waals surface area contributed by atoms with Crippen LogP contribution in [0.2, 0.25) is 10.0 Å². The topological polar surface area (TPSA) is 30.2 Å². The van der Waals surface area contributed by atoms with Gasteiger partial charge in [-0.2, -0.15) is 0 Å². The van der Waals surface area contributed by atoms with Crippen LogP contribution in [-0.2, 0) is 0 Å². The quantitative estimate of drug-likeness (QED) is 0.691. The van der Waals surface area contributed by atoms with Crippen LogP contribution in [0.25, 0.3) is 11.0 Å². The van der Waals surface area contributed by atoms with Crippen LogP contribution in [-0.4, -0.2) is 0 Å². The Balaban J connectivity index is 2.98. The highest BCUT2D eigenvalue weighted by Crippen LogP contribution is 2.29. The van der Waals surface area contributed by atoms with Crippen LogP contribution >= 0.6 is 39.1 Å². The van der Waals surface area contributed by atoms with Crippen molar-refractivity contribution >= 4 is 50.1 Å². The summed E-state index contributed by atoms with van der Waals surface area (Å²) in [5.41, 5.74) is -0.125. The third-order valence-corrected chi connectivity index (χ3v) is 3.33. The molecule has 1 aromatic heterocycles. The Morgan fingerprint density at radius 3 is 2.71 bits per heavy atom. The molecule has 0 bridgehead atoms. The molecule has 0 aliphatic heterocycles. The molecule has 0 amide bonds. The van der Waals surface area contributed by atoms with E-state index in [1.54, 1.807) is 18.2 Å². The molecule has 0 spiro atoms. The van der Waals surface area contributed by atoms with Crippen molar-refractivity contribution < 1.29 is 4.42 Å². The molecule has 0 saturated carbocycles. The smallest absolute Gasteiger partial charge is 0.352 e. The number of benzene rings is 1. The third kappa shape index (κ3) is 1.56. The third-order valence-electron chi connectivity index (χ3n) is 1.75. The Labute approximate surface area is 97.6 Å². The fourth-order valence-electron chi connectivity index (χ4n) is 1.11. The maximum Gasteiger partial charge on any atom is 0.352 e. The molecule has 0 aliphatic rings. The molecule has 0 N–H and O–H groups in total. The van der Waals surface area contributed by atoms with Crippen molar-refractivity contribution in [3.63, 3.8) is 0 Å². The molecule has 5 heteroatoms. The molecule has 0 saturated heterocycles. The minimum absolute atomic E-state index is 0.231. The highest BCUT2D eigenvalue weighted by molar-refractivity contribution is 9.10. The molecule has 1 heterocycles. The second kappa shape index (κ2) is 3.57. The van der Waals surface area contributed by atoms with E-state index in [0.29, 0.717) is 21.0 Å². The maximum absolute atomic E-state index is 11.2. The van der Waals surface area contributed by atoms with E-state index in [1.807, 2.05) is 0 Å². The number of halogens is 3. The van der Waals surface area contributed by atoms with E-state index in [0.717, 1.165) is 0 Å². The van der Waals surface area contributed by atoms with Gasteiger partial charge in [-0.15, -0.1) is 0 Å². The van der Waals surface area contributed by atoms with E-state index in [9.17, 15) is 4.79 Å². The van der Waals surface area contributed by atoms with Crippen molar-refractivity contribution in [1.29, 1.82) is 0 Å². The van der Waals surface area contributed by atoms with Gasteiger partial charge in [0.1, 0.15) is 10.1 Å². The molecule has 2 nitrogen and oxygen atoms in total. The fraction of sp³-hybridized carbons (Fsp3) is 0. The lowest BCUT2D eigenvalue weighted by Crippen LogP contribution is -1.99. The molecule has 2 rings (SSSR count). The lowest BCUT2D eigenvalue weighted by molar-refractivity contribution is 0.556. The number of fused-ring (bicyclic) bond motifs is 1. The summed E-state index contributed by atoms with van der Waals surface area (Å²) < 4.78 is 5.21. The predicted octanol–water partition coefficient (Wildman–Crippen LogP) is 3.86. The van der Waals surface area contributed by atoms with Gasteiger partial charge in [-0.05, 0) is 28.1 Å². The minimum atomic E-state index is -0.509. The fourth-order valence-corrected chi connectivity index (χ4v) is 1.80. The Bertz CT molecular complexity index is 562. The van der Waals surface area contributed by atoms with E-state index < -0.39 is 5.63 Å². The largest absolute Gasteiger partial charge is 0.422 e. The van der Waals surface area contributed by atoms with Crippen molar-refractivity contribution in [2.75, 3.05) is 0 Å². The summed E-state index contributed by atoms with van der Waals surface area (Å²) in [6.45, 7) is 0. The predicted molar refractivity (Wildman–Crippen MR) is 60.2 cm³/mol. The standard InChI is InChI=1S/C9H3BrCl2O2/c10-7-8(12)5-2-1-4(11)3-6(5)14-9(7)13/h1-3H. The summed E-state index contributed by atoms with van der Waals surface area (Å²) >= 11 is 14.7. The molecule has 1 aromatic carbocycles. The molecule has 0 unspecified atom stereocenters. The Morgan fingerprint density at radius 2 is 2.00 bits per heavy atom. The van der Waals surface area contributed by atoms with Gasteiger partial charge in [0.05, 0.1) is 5.02 Å². The first-order valence-corrected chi connectivity index (χ1v) is 5.22. The molecular formula is C9H3BrCl2O2. The van der Waals surface area contributed by atoms with E-state index >= 15 is 0 Å². The van der Waals surface area contributed by atoms with E-state index in [2.05, 4.69) is 15.9 Å². The van der Waals surface area contributed by atoms with Crippen LogP contribution in [0.5, 0.6) is 0 Å². The monoisotopic (exact) mass is 292 g/mol.